The first-order chi connectivity index (χ1) is 16.5. The van der Waals surface area contributed by atoms with Gasteiger partial charge in [0.05, 0.1) is 25.4 Å². The lowest BCUT2D eigenvalue weighted by Crippen LogP contribution is -2.42. The van der Waals surface area contributed by atoms with Gasteiger partial charge in [-0.15, -0.1) is 0 Å². The number of carbonyl (C=O) groups is 2. The zero-order valence-corrected chi connectivity index (χ0v) is 20.0. The smallest absolute Gasteiger partial charge is 0.323 e. The first-order valence-corrected chi connectivity index (χ1v) is 12.2. The molecule has 7 heteroatoms. The van der Waals surface area contributed by atoms with Gasteiger partial charge >= 0.3 is 6.03 Å². The molecule has 7 nitrogen and oxygen atoms in total. The maximum atomic E-state index is 12.9. The maximum absolute atomic E-state index is 12.9. The first-order valence-electron chi connectivity index (χ1n) is 12.2. The van der Waals surface area contributed by atoms with E-state index in [-0.39, 0.29) is 30.5 Å². The number of ether oxygens (including phenoxy) is 1. The number of likely N-dealkylation sites (tertiary alicyclic amines) is 1. The number of aryl methyl sites for hydroxylation is 1. The van der Waals surface area contributed by atoms with Crippen molar-refractivity contribution in [2.24, 2.45) is 5.92 Å². The third kappa shape index (κ3) is 5.53. The van der Waals surface area contributed by atoms with Gasteiger partial charge in [-0.1, -0.05) is 18.2 Å². The Hall–Kier alpha value is -3.06. The number of nitrogens with one attached hydrogen (secondary N) is 2. The van der Waals surface area contributed by atoms with Crippen LogP contribution in [0.4, 0.5) is 16.2 Å². The lowest BCUT2D eigenvalue weighted by Gasteiger charge is -2.32. The van der Waals surface area contributed by atoms with E-state index in [0.29, 0.717) is 17.4 Å². The van der Waals surface area contributed by atoms with Gasteiger partial charge in [-0.25, -0.2) is 4.79 Å². The molecule has 182 valence electrons. The average molecular weight is 466 g/mol. The molecule has 34 heavy (non-hydrogen) atoms. The maximum Gasteiger partial charge on any atom is 0.323 e. The number of nitrogens with zero attached hydrogens (tertiary/aromatic N) is 1. The van der Waals surface area contributed by atoms with Crippen LogP contribution < -0.4 is 15.4 Å². The van der Waals surface area contributed by atoms with E-state index in [1.807, 2.05) is 42.2 Å². The lowest BCUT2D eigenvalue weighted by atomic mass is 9.78. The molecule has 0 radical (unpaired) electrons. The number of hydrogen-bond donors (Lipinski definition) is 3. The van der Waals surface area contributed by atoms with Crippen LogP contribution in [-0.2, 0) is 4.79 Å². The van der Waals surface area contributed by atoms with Gasteiger partial charge in [0, 0.05) is 18.2 Å². The average Bonchev–Trinajstić information content (AvgIpc) is 3.33. The van der Waals surface area contributed by atoms with Crippen molar-refractivity contribution in [2.75, 3.05) is 30.9 Å². The zero-order chi connectivity index (χ0) is 24.1. The van der Waals surface area contributed by atoms with Crippen molar-refractivity contribution in [2.45, 2.75) is 57.4 Å². The molecule has 1 atom stereocenters. The van der Waals surface area contributed by atoms with E-state index in [9.17, 15) is 14.7 Å². The molecule has 2 fully saturated rings. The Bertz CT molecular complexity index is 999. The monoisotopic (exact) mass is 465 g/mol. The summed E-state index contributed by atoms with van der Waals surface area (Å²) < 4.78 is 5.32. The molecule has 0 aromatic heterocycles. The van der Waals surface area contributed by atoms with E-state index < -0.39 is 0 Å². The Morgan fingerprint density at radius 2 is 1.76 bits per heavy atom. The summed E-state index contributed by atoms with van der Waals surface area (Å²) in [6, 6.07) is 13.3. The minimum absolute atomic E-state index is 0.00877. The second-order valence-corrected chi connectivity index (χ2v) is 9.46. The summed E-state index contributed by atoms with van der Waals surface area (Å²) in [4.78, 5) is 27.3. The molecule has 0 spiro atoms. The quantitative estimate of drug-likeness (QED) is 0.566. The molecular weight excluding hydrogens is 430 g/mol. The van der Waals surface area contributed by atoms with E-state index in [2.05, 4.69) is 22.8 Å². The van der Waals surface area contributed by atoms with Crippen LogP contribution in [0.1, 0.15) is 55.6 Å². The van der Waals surface area contributed by atoms with E-state index in [0.717, 1.165) is 56.3 Å². The first kappa shape index (κ1) is 24.1. The van der Waals surface area contributed by atoms with Crippen molar-refractivity contribution in [3.05, 3.63) is 53.6 Å². The number of rotatable bonds is 6. The minimum atomic E-state index is -0.321. The van der Waals surface area contributed by atoms with Crippen molar-refractivity contribution in [3.8, 4) is 5.75 Å². The van der Waals surface area contributed by atoms with Crippen LogP contribution in [-0.4, -0.2) is 48.2 Å². The number of methoxy groups -OCH3 is 1. The molecule has 2 aliphatic rings. The fourth-order valence-electron chi connectivity index (χ4n) is 5.27. The van der Waals surface area contributed by atoms with Crippen LogP contribution in [0.3, 0.4) is 0 Å². The number of aliphatic hydroxyl groups is 1. The molecule has 3 N–H and O–H groups in total. The molecule has 1 saturated carbocycles. The molecule has 1 unspecified atom stereocenters. The largest absolute Gasteiger partial charge is 0.495 e. The Morgan fingerprint density at radius 3 is 2.44 bits per heavy atom. The fourth-order valence-corrected chi connectivity index (χ4v) is 5.27. The molecule has 2 aromatic rings. The van der Waals surface area contributed by atoms with Gasteiger partial charge in [-0.3, -0.25) is 4.79 Å². The van der Waals surface area contributed by atoms with Gasteiger partial charge in [0.2, 0.25) is 5.91 Å². The summed E-state index contributed by atoms with van der Waals surface area (Å²) >= 11 is 0. The molecule has 3 amide bonds. The van der Waals surface area contributed by atoms with E-state index in [4.69, 9.17) is 4.74 Å². The molecule has 4 rings (SSSR count). The number of anilines is 2. The third-order valence-corrected chi connectivity index (χ3v) is 7.19. The lowest BCUT2D eigenvalue weighted by molar-refractivity contribution is -0.138. The standard InChI is InChI=1S/C27H35N3O4/c1-18-5-14-25(34-2)24(16-18)29-27(33)28-22-12-10-20(11-13-22)19-6-8-21(9-7-19)26(32)30-15-3-4-23(30)17-31/h5,10-14,16,19,21,23,31H,3-4,6-9,15,17H2,1-2H3,(H2,28,29,33). The van der Waals surface area contributed by atoms with Crippen molar-refractivity contribution < 1.29 is 19.4 Å². The van der Waals surface area contributed by atoms with Gasteiger partial charge in [0.15, 0.2) is 0 Å². The van der Waals surface area contributed by atoms with Crippen LogP contribution in [0.15, 0.2) is 42.5 Å². The van der Waals surface area contributed by atoms with Gasteiger partial charge in [-0.2, -0.15) is 0 Å². The number of amides is 3. The minimum Gasteiger partial charge on any atom is -0.495 e. The predicted octanol–water partition coefficient (Wildman–Crippen LogP) is 4.90. The molecule has 2 aromatic carbocycles. The van der Waals surface area contributed by atoms with E-state index in [1.54, 1.807) is 7.11 Å². The molecular formula is C27H35N3O4. The number of carbonyl (C=O) groups excluding carboxylic acids is 2. The van der Waals surface area contributed by atoms with Crippen molar-refractivity contribution in [3.63, 3.8) is 0 Å². The Kier molecular flexibility index (Phi) is 7.73. The summed E-state index contributed by atoms with van der Waals surface area (Å²) in [7, 11) is 1.58. The SMILES string of the molecule is COc1ccc(C)cc1NC(=O)Nc1ccc(C2CCC(C(=O)N3CCCC3CO)CC2)cc1. The number of urea groups is 1. The normalized spacial score (nSPS) is 22.3. The summed E-state index contributed by atoms with van der Waals surface area (Å²) in [6.45, 7) is 2.81. The number of hydrogen-bond acceptors (Lipinski definition) is 4. The topological polar surface area (TPSA) is 90.9 Å². The Balaban J connectivity index is 1.29. The molecule has 1 aliphatic carbocycles. The van der Waals surface area contributed by atoms with Crippen molar-refractivity contribution in [1.29, 1.82) is 0 Å². The van der Waals surface area contributed by atoms with Crippen LogP contribution in [0.25, 0.3) is 0 Å². The van der Waals surface area contributed by atoms with Gasteiger partial charge < -0.3 is 25.4 Å². The second kappa shape index (κ2) is 10.9. The van der Waals surface area contributed by atoms with Crippen molar-refractivity contribution in [1.82, 2.24) is 4.90 Å². The Labute approximate surface area is 201 Å². The number of benzene rings is 2. The van der Waals surface area contributed by atoms with Crippen LogP contribution >= 0.6 is 0 Å². The highest BCUT2D eigenvalue weighted by Crippen LogP contribution is 2.37. The molecule has 1 saturated heterocycles. The van der Waals surface area contributed by atoms with Crippen LogP contribution in [0, 0.1) is 12.8 Å². The summed E-state index contributed by atoms with van der Waals surface area (Å²) in [5, 5.41) is 15.3. The van der Waals surface area contributed by atoms with Crippen LogP contribution in [0.5, 0.6) is 5.75 Å². The summed E-state index contributed by atoms with van der Waals surface area (Å²) in [6.07, 6.45) is 5.64. The van der Waals surface area contributed by atoms with Crippen molar-refractivity contribution >= 4 is 23.3 Å². The fraction of sp³-hybridized carbons (Fsp3) is 0.481. The Morgan fingerprint density at radius 1 is 1.03 bits per heavy atom. The number of aliphatic hydroxyl groups excluding tert-OH is 1. The van der Waals surface area contributed by atoms with Gasteiger partial charge in [0.1, 0.15) is 5.75 Å². The third-order valence-electron chi connectivity index (χ3n) is 7.19. The van der Waals surface area contributed by atoms with Crippen LogP contribution in [0.2, 0.25) is 0 Å². The van der Waals surface area contributed by atoms with Gasteiger partial charge in [0.25, 0.3) is 0 Å². The summed E-state index contributed by atoms with van der Waals surface area (Å²) in [5.41, 5.74) is 3.63. The van der Waals surface area contributed by atoms with Gasteiger partial charge in [-0.05, 0) is 86.8 Å². The zero-order valence-electron chi connectivity index (χ0n) is 20.0. The summed E-state index contributed by atoms with van der Waals surface area (Å²) in [5.74, 6) is 1.34. The molecule has 0 bridgehead atoms. The van der Waals surface area contributed by atoms with E-state index >= 15 is 0 Å². The highest BCUT2D eigenvalue weighted by molar-refractivity contribution is 6.00. The highest BCUT2D eigenvalue weighted by Gasteiger charge is 2.35. The van der Waals surface area contributed by atoms with E-state index in [1.165, 1.54) is 5.56 Å². The molecule has 1 aliphatic heterocycles. The molecule has 1 heterocycles. The highest BCUT2D eigenvalue weighted by atomic mass is 16.5. The second-order valence-electron chi connectivity index (χ2n) is 9.46. The predicted molar refractivity (Wildman–Crippen MR) is 133 cm³/mol.